The number of carbonyl (C=O) groups is 2. The van der Waals surface area contributed by atoms with Crippen LogP contribution in [0.25, 0.3) is 0 Å². The van der Waals surface area contributed by atoms with E-state index in [1.807, 2.05) is 6.08 Å². The monoisotopic (exact) mass is 1610 g/mol. The summed E-state index contributed by atoms with van der Waals surface area (Å²) < 4.78 is 0. The highest BCUT2D eigenvalue weighted by Crippen LogP contribution is 2.28. The fraction of sp³-hybridized carbons (Fsp3) is 0.940. The molecule has 14 rings (SSSR count). The molecule has 13 fully saturated rings. The maximum Gasteiger partial charge on any atom is 0.155 e. The number of likely N-dealkylation sites (N-methyl/N-ethyl adjacent to an activating group) is 7. The molecule has 0 aromatic carbocycles. The van der Waals surface area contributed by atoms with Gasteiger partial charge >= 0.3 is 0 Å². The quantitative estimate of drug-likeness (QED) is 0.0931. The van der Waals surface area contributed by atoms with Gasteiger partial charge in [0.2, 0.25) is 0 Å². The predicted molar refractivity (Wildman–Crippen MR) is 473 cm³/mol. The standard InChI is InChI=1S/C11H21N3O.4C11H23N3.C11H20N2O.C6H8O.C5H12N2.C2H6O.4CH4.2ClH.H3NO/c1-13-5-7-14(8-6-13)11-4-2-3-10(9-11)12-15;4*1-13-5-7-14(8-6-13)11-4-2-3-10(12)9-11;1-12-5-7-13(8-6-12)10-3-2-4-11(14)9-10;7-6-4-2-1-3-5-6;1-7-4-2-6-3-5-7;1-2-3;;;;;;;1-2/h11,15H,2-9H2,1H3;4*10-11H,2-9,12H2,1H3;10H,2-9H2,1H3;2,4H,1,3,5H2;6H,2-5H2,1H3;3H,2H2,1H3;4*1H4;2*1H;2H,1H2/b12-10+;;;;;;;;;;;;;;;/t;2*10-,11?;2*10-,11+;;;;;;;;;;;/m.1010.........../s1. The van der Waals surface area contributed by atoms with Crippen molar-refractivity contribution in [3.63, 3.8) is 0 Å². The molecule has 0 radical (unpaired) electrons. The van der Waals surface area contributed by atoms with E-state index in [4.69, 9.17) is 38.5 Å². The summed E-state index contributed by atoms with van der Waals surface area (Å²) in [5.41, 5.74) is 25.1. The molecule has 0 aromatic heterocycles. The van der Waals surface area contributed by atoms with Crippen LogP contribution in [0.5, 0.6) is 0 Å². The summed E-state index contributed by atoms with van der Waals surface area (Å²) in [5.74, 6) is 4.26. The van der Waals surface area contributed by atoms with Gasteiger partial charge in [-0.2, -0.15) is 0 Å². The second kappa shape index (κ2) is 65.3. The molecule has 14 N–H and O–H groups in total. The van der Waals surface area contributed by atoms with Gasteiger partial charge in [-0.1, -0.05) is 66.6 Å². The fourth-order valence-corrected chi connectivity index (χ4v) is 17.5. The first-order chi connectivity index (χ1) is 50.3. The van der Waals surface area contributed by atoms with Gasteiger partial charge < -0.3 is 78.1 Å². The zero-order chi connectivity index (χ0) is 75.4. The summed E-state index contributed by atoms with van der Waals surface area (Å²) in [6, 6.07) is 6.19. The molecule has 14 aliphatic rings. The largest absolute Gasteiger partial charge is 0.411 e. The van der Waals surface area contributed by atoms with Gasteiger partial charge in [-0.3, -0.25) is 39.0 Å². The van der Waals surface area contributed by atoms with Crippen LogP contribution in [0.1, 0.15) is 210 Å². The maximum absolute atomic E-state index is 11.3. The van der Waals surface area contributed by atoms with Gasteiger partial charge in [0.15, 0.2) is 5.78 Å². The van der Waals surface area contributed by atoms with Crippen molar-refractivity contribution in [3.8, 4) is 0 Å². The Labute approximate surface area is 688 Å². The van der Waals surface area contributed by atoms with Crippen molar-refractivity contribution in [2.45, 2.75) is 270 Å². The zero-order valence-corrected chi connectivity index (χ0v) is 70.3. The van der Waals surface area contributed by atoms with Gasteiger partial charge in [-0.15, -0.1) is 24.8 Å². The van der Waals surface area contributed by atoms with Gasteiger partial charge in [0.05, 0.1) is 5.71 Å². The van der Waals surface area contributed by atoms with E-state index in [2.05, 4.69) is 129 Å². The highest BCUT2D eigenvalue weighted by atomic mass is 35.5. The molecule has 7 heterocycles. The smallest absolute Gasteiger partial charge is 0.155 e. The molecule has 110 heavy (non-hydrogen) atoms. The molecular formula is C83H180Cl2N20O5. The minimum Gasteiger partial charge on any atom is -0.411 e. The van der Waals surface area contributed by atoms with Crippen LogP contribution in [-0.4, -0.2) is 396 Å². The van der Waals surface area contributed by atoms with Crippen LogP contribution in [0.2, 0.25) is 0 Å². The lowest BCUT2D eigenvalue weighted by Crippen LogP contribution is -2.51. The zero-order valence-electron chi connectivity index (χ0n) is 68.6. The third-order valence-electron chi connectivity index (χ3n) is 24.6. The van der Waals surface area contributed by atoms with Crippen molar-refractivity contribution >= 4 is 42.1 Å². The molecule has 25 nitrogen and oxygen atoms in total. The number of nitrogens with one attached hydrogen (secondary N) is 1. The van der Waals surface area contributed by atoms with Gasteiger partial charge in [0.25, 0.3) is 0 Å². The van der Waals surface area contributed by atoms with Crippen molar-refractivity contribution in [1.29, 1.82) is 0 Å². The average molecular weight is 1610 g/mol. The number of halogens is 2. The van der Waals surface area contributed by atoms with Crippen molar-refractivity contribution < 1.29 is 25.1 Å². The van der Waals surface area contributed by atoms with Crippen molar-refractivity contribution in [3.05, 3.63) is 12.2 Å². The minimum absolute atomic E-state index is 0. The second-order valence-electron chi connectivity index (χ2n) is 33.2. The first-order valence-corrected chi connectivity index (χ1v) is 42.0. The van der Waals surface area contributed by atoms with Crippen LogP contribution in [0, 0.1) is 0 Å². The Morgan fingerprint density at radius 3 is 0.845 bits per heavy atom. The Hall–Kier alpha value is -1.71. The predicted octanol–water partition coefficient (Wildman–Crippen LogP) is 7.30. The van der Waals surface area contributed by atoms with E-state index in [0.717, 1.165) is 121 Å². The molecule has 0 spiro atoms. The Morgan fingerprint density at radius 2 is 0.627 bits per heavy atom. The number of Topliss-reactive ketones (excluding diaryl/α,β-unsaturated/α-hetero) is 1. The lowest BCUT2D eigenvalue weighted by Gasteiger charge is -2.40. The molecule has 7 saturated heterocycles. The van der Waals surface area contributed by atoms with Gasteiger partial charge in [0, 0.05) is 276 Å². The average Bonchev–Trinajstić information content (AvgIpc) is 0.935. The molecule has 0 aromatic rings. The van der Waals surface area contributed by atoms with Crippen molar-refractivity contribution in [2.24, 2.45) is 34.0 Å². The normalized spacial score (nSPS) is 30.7. The minimum atomic E-state index is 0. The molecule has 0 amide bonds. The fourth-order valence-electron chi connectivity index (χ4n) is 17.5. The molecule has 6 saturated carbocycles. The van der Waals surface area contributed by atoms with E-state index in [0.29, 0.717) is 42.0 Å². The number of ketones is 2. The molecule has 10 atom stereocenters. The van der Waals surface area contributed by atoms with E-state index in [1.165, 1.54) is 266 Å². The molecule has 27 heteroatoms. The molecule has 7 aliphatic carbocycles. The van der Waals surface area contributed by atoms with Crippen LogP contribution in [-0.2, 0) is 9.59 Å². The Balaban J connectivity index is 0. The number of aliphatic hydroxyl groups is 1. The summed E-state index contributed by atoms with van der Waals surface area (Å²) in [4.78, 5) is 54.1. The van der Waals surface area contributed by atoms with E-state index >= 15 is 0 Å². The number of piperazine rings is 7. The lowest BCUT2D eigenvalue weighted by atomic mass is 9.90. The highest BCUT2D eigenvalue weighted by molar-refractivity contribution is 5.90. The number of hydrogen-bond acceptors (Lipinski definition) is 25. The number of aliphatic hydroxyl groups excluding tert-OH is 1. The first kappa shape index (κ1) is 110. The summed E-state index contributed by atoms with van der Waals surface area (Å²) in [5, 5.41) is 29.5. The molecule has 4 unspecified atom stereocenters. The summed E-state index contributed by atoms with van der Waals surface area (Å²) >= 11 is 0. The van der Waals surface area contributed by atoms with Crippen molar-refractivity contribution in [1.82, 2.24) is 69.0 Å². The highest BCUT2D eigenvalue weighted by Gasteiger charge is 2.33. The number of allylic oxidation sites excluding steroid dienone is 2. The van der Waals surface area contributed by atoms with E-state index in [-0.39, 0.29) is 66.9 Å². The summed E-state index contributed by atoms with van der Waals surface area (Å²) in [6.07, 6.45) is 35.6. The molecule has 7 aliphatic heterocycles. The number of nitrogens with two attached hydrogens (primary N) is 5. The summed E-state index contributed by atoms with van der Waals surface area (Å²) in [6.45, 7) is 35.7. The number of carbonyl (C=O) groups excluding carboxylic acids is 2. The lowest BCUT2D eigenvalue weighted by molar-refractivity contribution is -0.122. The van der Waals surface area contributed by atoms with E-state index in [9.17, 15) is 9.59 Å². The molecule has 0 bridgehead atoms. The van der Waals surface area contributed by atoms with Crippen LogP contribution < -0.4 is 34.1 Å². The number of nitrogens with zero attached hydrogens (tertiary/aromatic N) is 14. The molecular weight excluding hydrogens is 1430 g/mol. The van der Waals surface area contributed by atoms with Crippen LogP contribution >= 0.6 is 24.8 Å². The number of rotatable bonds is 6. The third-order valence-corrected chi connectivity index (χ3v) is 24.6. The van der Waals surface area contributed by atoms with Crippen LogP contribution in [0.4, 0.5) is 0 Å². The SMILES string of the molecule is C.C.C.C.CCO.CN1CCN(C2CCC/C(=N\O)C2)CC1.CN1CCN(C2CCCC(=O)C2)CC1.CN1CCN(C2CCC[C@@H](N)C2)CC1.CN1CCN(C2CCC[C@H](N)C2)CC1.CN1CCN([C@@H]2CCC[C@H](N)C2)CC1.CN1CCN([C@H]2CCC[C@@H](N)C2)CC1.CN1CCNCC1.Cl.Cl.NO.O=C1C=CCCC1. The van der Waals surface area contributed by atoms with E-state index < -0.39 is 0 Å². The summed E-state index contributed by atoms with van der Waals surface area (Å²) in [7, 11) is 15.4. The Bertz CT molecular complexity index is 2070. The molecule has 656 valence electrons. The van der Waals surface area contributed by atoms with Gasteiger partial charge in [0.1, 0.15) is 5.78 Å². The van der Waals surface area contributed by atoms with Crippen molar-refractivity contribution in [2.75, 3.05) is 239 Å². The van der Waals surface area contributed by atoms with Crippen LogP contribution in [0.3, 0.4) is 0 Å². The van der Waals surface area contributed by atoms with E-state index in [1.54, 1.807) is 13.0 Å². The van der Waals surface area contributed by atoms with Gasteiger partial charge in [-0.05, 0) is 184 Å². The second-order valence-corrected chi connectivity index (χ2v) is 33.2. The Kier molecular flexibility index (Phi) is 65.5. The van der Waals surface area contributed by atoms with Crippen LogP contribution in [0.15, 0.2) is 17.3 Å². The number of oxime groups is 1. The Morgan fingerprint density at radius 1 is 0.373 bits per heavy atom. The number of hydrogen-bond donors (Lipinski definition) is 9. The maximum atomic E-state index is 11.3. The topological polar surface area (TPSA) is 291 Å². The first-order valence-electron chi connectivity index (χ1n) is 42.0. The van der Waals surface area contributed by atoms with Gasteiger partial charge in [-0.25, -0.2) is 5.90 Å². The third kappa shape index (κ3) is 45.9.